The summed E-state index contributed by atoms with van der Waals surface area (Å²) in [6.07, 6.45) is 0.801. The van der Waals surface area contributed by atoms with Crippen molar-refractivity contribution in [2.75, 3.05) is 13.2 Å². The molecule has 6 nitrogen and oxygen atoms in total. The Morgan fingerprint density at radius 1 is 1.26 bits per heavy atom. The van der Waals surface area contributed by atoms with Gasteiger partial charge >= 0.3 is 0 Å². The molecule has 0 aliphatic carbocycles. The van der Waals surface area contributed by atoms with Crippen LogP contribution < -0.4 is 9.47 Å². The van der Waals surface area contributed by atoms with Crippen LogP contribution in [0, 0.1) is 0 Å². The van der Waals surface area contributed by atoms with Crippen LogP contribution in [-0.4, -0.2) is 33.4 Å². The van der Waals surface area contributed by atoms with Crippen molar-refractivity contribution in [3.8, 4) is 11.5 Å². The van der Waals surface area contributed by atoms with E-state index in [2.05, 4.69) is 31.5 Å². The molecule has 1 aliphatic heterocycles. The van der Waals surface area contributed by atoms with E-state index in [0.29, 0.717) is 19.8 Å². The monoisotopic (exact) mass is 324 g/mol. The van der Waals surface area contributed by atoms with E-state index in [9.17, 15) is 0 Å². The van der Waals surface area contributed by atoms with Crippen molar-refractivity contribution in [2.24, 2.45) is 0 Å². The molecule has 2 aromatic rings. The van der Waals surface area contributed by atoms with Gasteiger partial charge in [0.15, 0.2) is 17.3 Å². The largest absolute Gasteiger partial charge is 0.486 e. The van der Waals surface area contributed by atoms with Crippen LogP contribution in [0.15, 0.2) is 16.6 Å². The van der Waals surface area contributed by atoms with Gasteiger partial charge in [-0.15, -0.1) is 5.10 Å². The number of rotatable bonds is 3. The van der Waals surface area contributed by atoms with Gasteiger partial charge in [-0.3, -0.25) is 0 Å². The second-order valence-electron chi connectivity index (χ2n) is 4.19. The molecule has 0 amide bonds. The van der Waals surface area contributed by atoms with Gasteiger partial charge in [0.2, 0.25) is 0 Å². The molecule has 3 rings (SSSR count). The average molecular weight is 325 g/mol. The molecular formula is C12H13BrN4O2. The summed E-state index contributed by atoms with van der Waals surface area (Å²) in [5.74, 6) is 2.41. The number of fused-ring (bicyclic) bond motifs is 1. The van der Waals surface area contributed by atoms with Gasteiger partial charge in [-0.05, 0) is 28.1 Å². The zero-order valence-corrected chi connectivity index (χ0v) is 12.1. The topological polar surface area (TPSA) is 62.1 Å². The molecular weight excluding hydrogens is 312 g/mol. The fraction of sp³-hybridized carbons (Fsp3) is 0.417. The molecule has 1 aromatic heterocycles. The first-order valence-electron chi connectivity index (χ1n) is 6.11. The van der Waals surface area contributed by atoms with Crippen LogP contribution in [-0.2, 0) is 13.0 Å². The molecule has 0 spiro atoms. The Morgan fingerprint density at radius 3 is 2.74 bits per heavy atom. The fourth-order valence-electron chi connectivity index (χ4n) is 1.99. The van der Waals surface area contributed by atoms with Crippen LogP contribution >= 0.6 is 15.9 Å². The molecule has 0 saturated carbocycles. The highest BCUT2D eigenvalue weighted by Gasteiger charge is 2.16. The number of tetrazole rings is 1. The summed E-state index contributed by atoms with van der Waals surface area (Å²) in [6, 6.07) is 3.90. The normalized spacial score (nSPS) is 13.6. The van der Waals surface area contributed by atoms with E-state index in [-0.39, 0.29) is 0 Å². The minimum atomic E-state index is 0.583. The third kappa shape index (κ3) is 2.42. The maximum atomic E-state index is 5.59. The zero-order chi connectivity index (χ0) is 13.2. The van der Waals surface area contributed by atoms with E-state index in [1.165, 1.54) is 0 Å². The van der Waals surface area contributed by atoms with Crippen LogP contribution in [0.3, 0.4) is 0 Å². The Kier molecular flexibility index (Phi) is 3.37. The van der Waals surface area contributed by atoms with E-state index in [4.69, 9.17) is 9.47 Å². The maximum Gasteiger partial charge on any atom is 0.162 e. The number of benzene rings is 1. The van der Waals surface area contributed by atoms with Crippen LogP contribution in [0.2, 0.25) is 0 Å². The molecule has 0 bridgehead atoms. The third-order valence-electron chi connectivity index (χ3n) is 2.95. The summed E-state index contributed by atoms with van der Waals surface area (Å²) in [4.78, 5) is 0. The van der Waals surface area contributed by atoms with Gasteiger partial charge in [0.1, 0.15) is 13.2 Å². The predicted molar refractivity (Wildman–Crippen MR) is 71.4 cm³/mol. The van der Waals surface area contributed by atoms with Crippen molar-refractivity contribution in [3.05, 3.63) is 28.0 Å². The first-order valence-corrected chi connectivity index (χ1v) is 6.90. The number of halogens is 1. The molecule has 1 aliphatic rings. The number of hydrogen-bond donors (Lipinski definition) is 0. The second-order valence-corrected chi connectivity index (χ2v) is 5.05. The molecule has 0 saturated heterocycles. The van der Waals surface area contributed by atoms with E-state index >= 15 is 0 Å². The van der Waals surface area contributed by atoms with E-state index < -0.39 is 0 Å². The summed E-state index contributed by atoms with van der Waals surface area (Å²) >= 11 is 3.55. The molecule has 0 unspecified atom stereocenters. The summed E-state index contributed by atoms with van der Waals surface area (Å²) in [6.45, 7) is 3.80. The van der Waals surface area contributed by atoms with Crippen LogP contribution in [0.5, 0.6) is 11.5 Å². The smallest absolute Gasteiger partial charge is 0.162 e. The Labute approximate surface area is 118 Å². The van der Waals surface area contributed by atoms with E-state index in [1.807, 2.05) is 19.1 Å². The summed E-state index contributed by atoms with van der Waals surface area (Å²) < 4.78 is 13.9. The highest BCUT2D eigenvalue weighted by Crippen LogP contribution is 2.35. The molecule has 7 heteroatoms. The highest BCUT2D eigenvalue weighted by atomic mass is 79.9. The second kappa shape index (κ2) is 5.16. The molecule has 0 atom stereocenters. The van der Waals surface area contributed by atoms with Gasteiger partial charge < -0.3 is 9.47 Å². The van der Waals surface area contributed by atoms with Crippen molar-refractivity contribution < 1.29 is 9.47 Å². The third-order valence-corrected chi connectivity index (χ3v) is 3.69. The van der Waals surface area contributed by atoms with Crippen molar-refractivity contribution >= 4 is 15.9 Å². The first kappa shape index (κ1) is 12.4. The minimum Gasteiger partial charge on any atom is -0.486 e. The van der Waals surface area contributed by atoms with Crippen molar-refractivity contribution in [3.63, 3.8) is 0 Å². The predicted octanol–water partition coefficient (Wildman–Crippen LogP) is 1.82. The summed E-state index contributed by atoms with van der Waals surface area (Å²) in [7, 11) is 0. The van der Waals surface area contributed by atoms with Crippen LogP contribution in [0.25, 0.3) is 0 Å². The molecule has 100 valence electrons. The first-order chi connectivity index (χ1) is 9.28. The van der Waals surface area contributed by atoms with Gasteiger partial charge in [-0.25, -0.2) is 4.68 Å². The molecule has 0 fully saturated rings. The standard InChI is InChI=1S/C12H13BrN4O2/c1-2-12-14-15-16-17(12)7-8-5-10-11(6-9(8)13)19-4-3-18-10/h5-6H,2-4,7H2,1H3. The Bertz CT molecular complexity index is 599. The number of nitrogens with zero attached hydrogens (tertiary/aromatic N) is 4. The molecule has 1 aromatic carbocycles. The number of aromatic nitrogens is 4. The van der Waals surface area contributed by atoms with Crippen molar-refractivity contribution in [1.29, 1.82) is 0 Å². The van der Waals surface area contributed by atoms with Gasteiger partial charge in [-0.2, -0.15) is 0 Å². The lowest BCUT2D eigenvalue weighted by molar-refractivity contribution is 0.171. The Morgan fingerprint density at radius 2 is 2.00 bits per heavy atom. The Hall–Kier alpha value is -1.63. The van der Waals surface area contributed by atoms with Gasteiger partial charge in [-0.1, -0.05) is 22.9 Å². The SMILES string of the molecule is CCc1nnnn1Cc1cc2c(cc1Br)OCCO2. The summed E-state index contributed by atoms with van der Waals surface area (Å²) in [5, 5.41) is 11.7. The maximum absolute atomic E-state index is 5.59. The average Bonchev–Trinajstić information content (AvgIpc) is 2.87. The van der Waals surface area contributed by atoms with Crippen LogP contribution in [0.1, 0.15) is 18.3 Å². The number of hydrogen-bond acceptors (Lipinski definition) is 5. The van der Waals surface area contributed by atoms with Crippen LogP contribution in [0.4, 0.5) is 0 Å². The Balaban J connectivity index is 1.92. The van der Waals surface area contributed by atoms with Crippen molar-refractivity contribution in [2.45, 2.75) is 19.9 Å². The minimum absolute atomic E-state index is 0.583. The number of aryl methyl sites for hydroxylation is 1. The van der Waals surface area contributed by atoms with E-state index in [1.54, 1.807) is 4.68 Å². The molecule has 0 radical (unpaired) electrons. The lowest BCUT2D eigenvalue weighted by atomic mass is 10.2. The quantitative estimate of drug-likeness (QED) is 0.861. The van der Waals surface area contributed by atoms with Gasteiger partial charge in [0.05, 0.1) is 6.54 Å². The zero-order valence-electron chi connectivity index (χ0n) is 10.5. The van der Waals surface area contributed by atoms with Crippen molar-refractivity contribution in [1.82, 2.24) is 20.2 Å². The fourth-order valence-corrected chi connectivity index (χ4v) is 2.44. The highest BCUT2D eigenvalue weighted by molar-refractivity contribution is 9.10. The lowest BCUT2D eigenvalue weighted by Crippen LogP contribution is -2.16. The van der Waals surface area contributed by atoms with Gasteiger partial charge in [0, 0.05) is 10.9 Å². The summed E-state index contributed by atoms with van der Waals surface area (Å²) in [5.41, 5.74) is 1.06. The molecule has 19 heavy (non-hydrogen) atoms. The molecule has 0 N–H and O–H groups in total. The van der Waals surface area contributed by atoms with Gasteiger partial charge in [0.25, 0.3) is 0 Å². The van der Waals surface area contributed by atoms with E-state index in [0.717, 1.165) is 33.8 Å². The lowest BCUT2D eigenvalue weighted by Gasteiger charge is -2.20. The molecule has 2 heterocycles. The number of ether oxygens (including phenoxy) is 2.